The summed E-state index contributed by atoms with van der Waals surface area (Å²) in [4.78, 5) is 13.0. The second kappa shape index (κ2) is 8.00. The summed E-state index contributed by atoms with van der Waals surface area (Å²) in [6, 6.07) is 13.3. The van der Waals surface area contributed by atoms with Gasteiger partial charge < -0.3 is 4.42 Å². The van der Waals surface area contributed by atoms with Crippen LogP contribution in [0.25, 0.3) is 11.5 Å². The molecule has 9 heteroatoms. The van der Waals surface area contributed by atoms with Gasteiger partial charge in [0.1, 0.15) is 6.04 Å². The van der Waals surface area contributed by atoms with Crippen LogP contribution in [0.1, 0.15) is 24.0 Å². The third kappa shape index (κ3) is 3.99. The van der Waals surface area contributed by atoms with Crippen LogP contribution < -0.4 is 5.32 Å². The molecule has 1 fully saturated rings. The van der Waals surface area contributed by atoms with Gasteiger partial charge in [0.25, 0.3) is 0 Å². The summed E-state index contributed by atoms with van der Waals surface area (Å²) in [5.41, 5.74) is 2.75. The second-order valence-electron chi connectivity index (χ2n) is 7.36. The van der Waals surface area contributed by atoms with E-state index in [2.05, 4.69) is 15.5 Å². The van der Waals surface area contributed by atoms with Crippen LogP contribution in [0.5, 0.6) is 0 Å². The number of hydrogen-bond acceptors (Lipinski definition) is 6. The normalized spacial score (nSPS) is 17.2. The zero-order chi connectivity index (χ0) is 21.3. The van der Waals surface area contributed by atoms with Gasteiger partial charge in [-0.15, -0.1) is 5.10 Å². The summed E-state index contributed by atoms with van der Waals surface area (Å²) in [6.45, 7) is 4.12. The van der Waals surface area contributed by atoms with Crippen LogP contribution in [0.4, 0.5) is 6.01 Å². The molecule has 2 heterocycles. The Bertz CT molecular complexity index is 1170. The zero-order valence-corrected chi connectivity index (χ0v) is 17.5. The lowest BCUT2D eigenvalue weighted by Crippen LogP contribution is -2.43. The van der Waals surface area contributed by atoms with E-state index in [4.69, 9.17) is 4.42 Å². The number of carbonyl (C=O) groups excluding carboxylic acids is 1. The first kappa shape index (κ1) is 20.2. The predicted molar refractivity (Wildman–Crippen MR) is 111 cm³/mol. The minimum atomic E-state index is -3.78. The highest BCUT2D eigenvalue weighted by molar-refractivity contribution is 7.89. The lowest BCUT2D eigenvalue weighted by atomic mass is 10.1. The molecule has 1 aliphatic rings. The van der Waals surface area contributed by atoms with Crippen molar-refractivity contribution in [1.29, 1.82) is 0 Å². The fourth-order valence-electron chi connectivity index (χ4n) is 3.49. The molecule has 1 saturated heterocycles. The molecule has 1 aliphatic heterocycles. The Labute approximate surface area is 175 Å². The molecule has 1 aromatic heterocycles. The Morgan fingerprint density at radius 3 is 2.60 bits per heavy atom. The van der Waals surface area contributed by atoms with Crippen LogP contribution in [0.3, 0.4) is 0 Å². The summed E-state index contributed by atoms with van der Waals surface area (Å²) < 4.78 is 32.8. The van der Waals surface area contributed by atoms with Crippen molar-refractivity contribution < 1.29 is 17.6 Å². The van der Waals surface area contributed by atoms with Crippen LogP contribution in [-0.4, -0.2) is 41.4 Å². The number of hydrogen-bond donors (Lipinski definition) is 1. The zero-order valence-electron chi connectivity index (χ0n) is 16.7. The van der Waals surface area contributed by atoms with Crippen LogP contribution in [0.15, 0.2) is 57.8 Å². The number of benzene rings is 2. The largest absolute Gasteiger partial charge is 0.403 e. The number of aryl methyl sites for hydroxylation is 2. The minimum absolute atomic E-state index is 0.0592. The lowest BCUT2D eigenvalue weighted by molar-refractivity contribution is -0.119. The van der Waals surface area contributed by atoms with E-state index in [0.717, 1.165) is 16.7 Å². The molecule has 1 amide bonds. The van der Waals surface area contributed by atoms with Crippen molar-refractivity contribution in [2.75, 3.05) is 11.9 Å². The number of sulfonamides is 1. The molecule has 2 aromatic carbocycles. The molecule has 1 N–H and O–H groups in total. The summed E-state index contributed by atoms with van der Waals surface area (Å²) in [7, 11) is -3.78. The summed E-state index contributed by atoms with van der Waals surface area (Å²) in [5, 5.41) is 10.4. The van der Waals surface area contributed by atoms with Gasteiger partial charge in [-0.05, 0) is 51.0 Å². The molecule has 156 valence electrons. The Balaban J connectivity index is 1.51. The molecule has 30 heavy (non-hydrogen) atoms. The van der Waals surface area contributed by atoms with Gasteiger partial charge in [-0.25, -0.2) is 8.42 Å². The summed E-state index contributed by atoms with van der Waals surface area (Å²) in [5.74, 6) is -0.202. The standard InChI is InChI=1S/C21H22N4O4S/c1-14-8-10-17(11-9-14)30(27,28)25-12-4-7-18(25)19(26)22-21-24-23-20(29-21)16-6-3-5-15(2)13-16/h3,5-6,8-11,13,18H,4,7,12H2,1-2H3,(H,22,24,26). The number of aromatic nitrogens is 2. The Morgan fingerprint density at radius 2 is 1.87 bits per heavy atom. The highest BCUT2D eigenvalue weighted by Crippen LogP contribution is 2.27. The molecule has 1 atom stereocenters. The Morgan fingerprint density at radius 1 is 1.10 bits per heavy atom. The fraction of sp³-hybridized carbons (Fsp3) is 0.286. The number of anilines is 1. The quantitative estimate of drug-likeness (QED) is 0.672. The number of nitrogens with zero attached hydrogens (tertiary/aromatic N) is 3. The third-order valence-corrected chi connectivity index (χ3v) is 6.98. The van der Waals surface area contributed by atoms with Crippen LogP contribution in [0.2, 0.25) is 0 Å². The number of rotatable bonds is 5. The predicted octanol–water partition coefficient (Wildman–Crippen LogP) is 3.15. The maximum atomic E-state index is 13.0. The smallest absolute Gasteiger partial charge is 0.322 e. The molecule has 0 spiro atoms. The Hall–Kier alpha value is -3.04. The minimum Gasteiger partial charge on any atom is -0.403 e. The fourth-order valence-corrected chi connectivity index (χ4v) is 5.15. The monoisotopic (exact) mass is 426 g/mol. The third-order valence-electron chi connectivity index (χ3n) is 5.05. The van der Waals surface area contributed by atoms with Crippen molar-refractivity contribution in [2.45, 2.75) is 37.6 Å². The topological polar surface area (TPSA) is 105 Å². The lowest BCUT2D eigenvalue weighted by Gasteiger charge is -2.22. The first-order valence-corrected chi connectivity index (χ1v) is 11.1. The summed E-state index contributed by atoms with van der Waals surface area (Å²) in [6.07, 6.45) is 1.03. The average molecular weight is 426 g/mol. The number of nitrogens with one attached hydrogen (secondary N) is 1. The second-order valence-corrected chi connectivity index (χ2v) is 9.25. The van der Waals surface area contributed by atoms with E-state index in [1.54, 1.807) is 24.3 Å². The first-order chi connectivity index (χ1) is 14.3. The molecular weight excluding hydrogens is 404 g/mol. The van der Waals surface area contributed by atoms with Crippen molar-refractivity contribution >= 4 is 21.9 Å². The average Bonchev–Trinajstić information content (AvgIpc) is 3.38. The molecule has 1 unspecified atom stereocenters. The van der Waals surface area contributed by atoms with E-state index in [1.807, 2.05) is 38.1 Å². The van der Waals surface area contributed by atoms with Crippen molar-refractivity contribution in [3.05, 3.63) is 59.7 Å². The van der Waals surface area contributed by atoms with Gasteiger partial charge in [0.05, 0.1) is 4.90 Å². The van der Waals surface area contributed by atoms with Gasteiger partial charge in [-0.1, -0.05) is 40.5 Å². The highest BCUT2D eigenvalue weighted by Gasteiger charge is 2.39. The number of carbonyl (C=O) groups is 1. The maximum absolute atomic E-state index is 13.0. The number of amides is 1. The van der Waals surface area contributed by atoms with Gasteiger partial charge in [-0.3, -0.25) is 10.1 Å². The van der Waals surface area contributed by atoms with E-state index in [-0.39, 0.29) is 23.3 Å². The molecule has 8 nitrogen and oxygen atoms in total. The highest BCUT2D eigenvalue weighted by atomic mass is 32.2. The van der Waals surface area contributed by atoms with Gasteiger partial charge in [0, 0.05) is 12.1 Å². The molecule has 4 rings (SSSR count). The van der Waals surface area contributed by atoms with Crippen LogP contribution in [-0.2, 0) is 14.8 Å². The molecule has 0 radical (unpaired) electrons. The van der Waals surface area contributed by atoms with Crippen molar-refractivity contribution in [1.82, 2.24) is 14.5 Å². The van der Waals surface area contributed by atoms with Gasteiger partial charge in [-0.2, -0.15) is 4.31 Å². The van der Waals surface area contributed by atoms with Crippen LogP contribution in [0, 0.1) is 13.8 Å². The first-order valence-electron chi connectivity index (χ1n) is 9.64. The molecule has 0 bridgehead atoms. The van der Waals surface area contributed by atoms with Crippen molar-refractivity contribution in [3.63, 3.8) is 0 Å². The maximum Gasteiger partial charge on any atom is 0.322 e. The SMILES string of the molecule is Cc1ccc(S(=O)(=O)N2CCCC2C(=O)Nc2nnc(-c3cccc(C)c3)o2)cc1. The van der Waals surface area contributed by atoms with E-state index in [9.17, 15) is 13.2 Å². The van der Waals surface area contributed by atoms with Gasteiger partial charge >= 0.3 is 6.01 Å². The van der Waals surface area contributed by atoms with E-state index < -0.39 is 22.0 Å². The van der Waals surface area contributed by atoms with Crippen LogP contribution >= 0.6 is 0 Å². The van der Waals surface area contributed by atoms with E-state index in [1.165, 1.54) is 4.31 Å². The molecular formula is C21H22N4O4S. The molecule has 3 aromatic rings. The van der Waals surface area contributed by atoms with Crippen molar-refractivity contribution in [3.8, 4) is 11.5 Å². The van der Waals surface area contributed by atoms with Gasteiger partial charge in [0.15, 0.2) is 0 Å². The van der Waals surface area contributed by atoms with E-state index in [0.29, 0.717) is 12.8 Å². The van der Waals surface area contributed by atoms with Crippen molar-refractivity contribution in [2.24, 2.45) is 0 Å². The summed E-state index contributed by atoms with van der Waals surface area (Å²) >= 11 is 0. The molecule has 0 saturated carbocycles. The van der Waals surface area contributed by atoms with Gasteiger partial charge in [0.2, 0.25) is 21.8 Å². The van der Waals surface area contributed by atoms with E-state index >= 15 is 0 Å². The Kier molecular flexibility index (Phi) is 5.40. The molecule has 0 aliphatic carbocycles.